The summed E-state index contributed by atoms with van der Waals surface area (Å²) >= 11 is 0. The summed E-state index contributed by atoms with van der Waals surface area (Å²) in [5, 5.41) is 17.8. The van der Waals surface area contributed by atoms with E-state index in [1.165, 1.54) is 0 Å². The minimum atomic E-state index is -1.38. The van der Waals surface area contributed by atoms with Gasteiger partial charge in [0.2, 0.25) is 0 Å². The molecule has 10 nitrogen and oxygen atoms in total. The summed E-state index contributed by atoms with van der Waals surface area (Å²) in [7, 11) is 5.29. The number of methoxy groups -OCH3 is 1. The standard InChI is InChI=1S/C27H49N3O7/c1-17-11-25(5,34-8)12-18(2)23(32)20(4)24(33)37-26(15-28-13-17)16-29-14-22(26)36-27(30(6)7)21(31)10-9-19(3)35-27/h17-22,28-29,31H,9-16H2,1-8H3. The average Bonchev–Trinajstić information content (AvgIpc) is 3.20. The number of nitrogens with zero attached hydrogens (tertiary/aromatic N) is 1. The first-order valence-electron chi connectivity index (χ1n) is 13.7. The molecule has 0 aromatic rings. The Morgan fingerprint density at radius 1 is 1.03 bits per heavy atom. The van der Waals surface area contributed by atoms with Gasteiger partial charge in [-0.25, -0.2) is 0 Å². The number of Topliss-reactive ketones (excluding diaryl/α,β-unsaturated/α-hetero) is 1. The molecule has 1 spiro atoms. The Kier molecular flexibility index (Phi) is 9.81. The predicted molar refractivity (Wildman–Crippen MR) is 139 cm³/mol. The third-order valence-corrected chi connectivity index (χ3v) is 8.41. The molecule has 0 radical (unpaired) electrons. The first-order chi connectivity index (χ1) is 17.3. The lowest BCUT2D eigenvalue weighted by Crippen LogP contribution is -2.66. The van der Waals surface area contributed by atoms with E-state index in [2.05, 4.69) is 17.6 Å². The fourth-order valence-corrected chi connectivity index (χ4v) is 6.17. The smallest absolute Gasteiger partial charge is 0.316 e. The summed E-state index contributed by atoms with van der Waals surface area (Å²) in [5.41, 5.74) is -1.56. The molecule has 0 amide bonds. The van der Waals surface area contributed by atoms with E-state index in [9.17, 15) is 14.7 Å². The summed E-state index contributed by atoms with van der Waals surface area (Å²) in [4.78, 5) is 28.5. The lowest BCUT2D eigenvalue weighted by atomic mass is 9.81. The van der Waals surface area contributed by atoms with Crippen molar-refractivity contribution in [3.8, 4) is 0 Å². The van der Waals surface area contributed by atoms with Crippen LogP contribution in [0.25, 0.3) is 0 Å². The molecule has 3 rings (SSSR count). The minimum absolute atomic E-state index is 0.105. The number of likely N-dealkylation sites (N-methyl/N-ethyl adjacent to an activating group) is 1. The molecule has 3 aliphatic rings. The second-order valence-corrected chi connectivity index (χ2v) is 12.1. The van der Waals surface area contributed by atoms with Gasteiger partial charge in [-0.1, -0.05) is 13.8 Å². The normalized spacial score (nSPS) is 44.8. The van der Waals surface area contributed by atoms with Crippen molar-refractivity contribution in [2.24, 2.45) is 17.8 Å². The molecule has 10 heteroatoms. The molecule has 3 aliphatic heterocycles. The molecule has 3 fully saturated rings. The number of carbonyl (C=O) groups excluding carboxylic acids is 2. The van der Waals surface area contributed by atoms with Crippen molar-refractivity contribution in [2.75, 3.05) is 47.4 Å². The second-order valence-electron chi connectivity index (χ2n) is 12.1. The molecule has 9 atom stereocenters. The second kappa shape index (κ2) is 11.9. The van der Waals surface area contributed by atoms with Crippen LogP contribution in [0.3, 0.4) is 0 Å². The van der Waals surface area contributed by atoms with Crippen LogP contribution in [0.1, 0.15) is 60.3 Å². The van der Waals surface area contributed by atoms with Crippen molar-refractivity contribution in [3.05, 3.63) is 0 Å². The Hall–Kier alpha value is -1.14. The van der Waals surface area contributed by atoms with Crippen molar-refractivity contribution in [2.45, 2.75) is 95.7 Å². The highest BCUT2D eigenvalue weighted by Gasteiger charge is 2.56. The number of nitrogens with one attached hydrogen (secondary N) is 2. The van der Waals surface area contributed by atoms with E-state index in [4.69, 9.17) is 18.9 Å². The van der Waals surface area contributed by atoms with Crippen LogP contribution in [0, 0.1) is 17.8 Å². The van der Waals surface area contributed by atoms with E-state index in [-0.39, 0.29) is 23.7 Å². The highest BCUT2D eigenvalue weighted by Crippen LogP contribution is 2.37. The number of rotatable bonds is 4. The fourth-order valence-electron chi connectivity index (χ4n) is 6.17. The third-order valence-electron chi connectivity index (χ3n) is 8.41. The molecule has 0 aliphatic carbocycles. The van der Waals surface area contributed by atoms with Crippen molar-refractivity contribution in [1.29, 1.82) is 0 Å². The molecule has 9 unspecified atom stereocenters. The molecule has 0 aromatic carbocycles. The van der Waals surface area contributed by atoms with Crippen LogP contribution in [0.4, 0.5) is 0 Å². The lowest BCUT2D eigenvalue weighted by molar-refractivity contribution is -0.395. The number of aliphatic hydroxyl groups is 1. The molecule has 0 saturated carbocycles. The molecule has 3 N–H and O–H groups in total. The van der Waals surface area contributed by atoms with Crippen LogP contribution >= 0.6 is 0 Å². The summed E-state index contributed by atoms with van der Waals surface area (Å²) in [6, 6.07) is 0. The molecule has 0 bridgehead atoms. The van der Waals surface area contributed by atoms with Crippen molar-refractivity contribution < 1.29 is 33.6 Å². The van der Waals surface area contributed by atoms with Gasteiger partial charge in [0.1, 0.15) is 23.9 Å². The van der Waals surface area contributed by atoms with Crippen molar-refractivity contribution in [3.63, 3.8) is 0 Å². The maximum atomic E-state index is 13.4. The zero-order chi connectivity index (χ0) is 27.6. The summed E-state index contributed by atoms with van der Waals surface area (Å²) in [5.74, 6) is -3.13. The Morgan fingerprint density at radius 2 is 1.68 bits per heavy atom. The number of aliphatic hydroxyl groups excluding tert-OH is 1. The molecule has 0 aromatic heterocycles. The fraction of sp³-hybridized carbons (Fsp3) is 0.926. The van der Waals surface area contributed by atoms with Crippen LogP contribution in [0.15, 0.2) is 0 Å². The molecular formula is C27H49N3O7. The Morgan fingerprint density at radius 3 is 2.30 bits per heavy atom. The number of ether oxygens (including phenoxy) is 4. The van der Waals surface area contributed by atoms with Gasteiger partial charge in [-0.05, 0) is 73.0 Å². The maximum absolute atomic E-state index is 13.4. The number of esters is 1. The average molecular weight is 528 g/mol. The topological polar surface area (TPSA) is 119 Å². The van der Waals surface area contributed by atoms with Gasteiger partial charge in [0.05, 0.1) is 11.7 Å². The van der Waals surface area contributed by atoms with Gasteiger partial charge in [-0.2, -0.15) is 0 Å². The van der Waals surface area contributed by atoms with E-state index in [0.717, 1.165) is 12.8 Å². The number of hydrogen-bond donors (Lipinski definition) is 3. The maximum Gasteiger partial charge on any atom is 0.316 e. The first-order valence-corrected chi connectivity index (χ1v) is 13.7. The van der Waals surface area contributed by atoms with Crippen LogP contribution in [0.2, 0.25) is 0 Å². The molecule has 214 valence electrons. The summed E-state index contributed by atoms with van der Waals surface area (Å²) < 4.78 is 24.9. The Labute approximate surface area is 222 Å². The van der Waals surface area contributed by atoms with Crippen LogP contribution in [-0.4, -0.2) is 105 Å². The SMILES string of the molecule is COC1(C)CC(C)CNCC2(CNCC2OC2(N(C)C)OC(C)CCC2O)OC(=O)C(C)C(=O)C(C)C1. The van der Waals surface area contributed by atoms with E-state index >= 15 is 0 Å². The van der Waals surface area contributed by atoms with Gasteiger partial charge in [-0.15, -0.1) is 0 Å². The molecular weight excluding hydrogens is 478 g/mol. The zero-order valence-corrected chi connectivity index (χ0v) is 24.0. The number of ketones is 1. The number of carbonyl (C=O) groups is 2. The molecule has 3 heterocycles. The van der Waals surface area contributed by atoms with E-state index in [1.54, 1.807) is 18.9 Å². The Balaban J connectivity index is 1.93. The quantitative estimate of drug-likeness (QED) is 0.280. The monoisotopic (exact) mass is 527 g/mol. The molecule has 37 heavy (non-hydrogen) atoms. The van der Waals surface area contributed by atoms with Crippen LogP contribution in [0.5, 0.6) is 0 Å². The third kappa shape index (κ3) is 6.54. The predicted octanol–water partition coefficient (Wildman–Crippen LogP) is 1.30. The van der Waals surface area contributed by atoms with E-state index in [1.807, 2.05) is 34.9 Å². The zero-order valence-electron chi connectivity index (χ0n) is 24.0. The van der Waals surface area contributed by atoms with Gasteiger partial charge in [-0.3, -0.25) is 14.5 Å². The van der Waals surface area contributed by atoms with Gasteiger partial charge < -0.3 is 34.7 Å². The van der Waals surface area contributed by atoms with Crippen LogP contribution in [-0.2, 0) is 28.5 Å². The summed E-state index contributed by atoms with van der Waals surface area (Å²) in [6.45, 7) is 11.4. The highest BCUT2D eigenvalue weighted by atomic mass is 16.7. The van der Waals surface area contributed by atoms with Gasteiger partial charge in [0.15, 0.2) is 5.60 Å². The van der Waals surface area contributed by atoms with E-state index < -0.39 is 41.2 Å². The van der Waals surface area contributed by atoms with E-state index in [0.29, 0.717) is 39.0 Å². The number of hydrogen-bond acceptors (Lipinski definition) is 10. The first kappa shape index (κ1) is 30.4. The van der Waals surface area contributed by atoms with Crippen molar-refractivity contribution in [1.82, 2.24) is 15.5 Å². The van der Waals surface area contributed by atoms with Gasteiger partial charge in [0.25, 0.3) is 5.91 Å². The van der Waals surface area contributed by atoms with Gasteiger partial charge >= 0.3 is 5.97 Å². The largest absolute Gasteiger partial charge is 0.453 e. The van der Waals surface area contributed by atoms with Crippen LogP contribution < -0.4 is 10.6 Å². The lowest BCUT2D eigenvalue weighted by Gasteiger charge is -2.50. The highest BCUT2D eigenvalue weighted by molar-refractivity contribution is 5.99. The Bertz CT molecular complexity index is 813. The van der Waals surface area contributed by atoms with Crippen molar-refractivity contribution >= 4 is 11.8 Å². The summed E-state index contributed by atoms with van der Waals surface area (Å²) in [6.07, 6.45) is 0.960. The minimum Gasteiger partial charge on any atom is -0.453 e. The van der Waals surface area contributed by atoms with Gasteiger partial charge in [0, 0.05) is 32.7 Å². The molecule has 3 saturated heterocycles.